The third kappa shape index (κ3) is 3.10. The number of aromatic carboxylic acids is 1. The molecule has 0 bridgehead atoms. The first-order valence-electron chi connectivity index (χ1n) is 6.30. The second-order valence-corrected chi connectivity index (χ2v) is 5.93. The molecule has 1 atom stereocenters. The van der Waals surface area contributed by atoms with Crippen LogP contribution in [0.25, 0.3) is 0 Å². The Balaban J connectivity index is 2.07. The van der Waals surface area contributed by atoms with E-state index in [1.807, 2.05) is 11.4 Å². The van der Waals surface area contributed by atoms with Gasteiger partial charge in [-0.2, -0.15) is 0 Å². The predicted molar refractivity (Wildman–Crippen MR) is 73.3 cm³/mol. The fourth-order valence-electron chi connectivity index (χ4n) is 2.52. The van der Waals surface area contributed by atoms with Gasteiger partial charge in [0.2, 0.25) is 0 Å². The third-order valence-corrected chi connectivity index (χ3v) is 4.44. The molecular formula is C13H20N2O2S. The minimum Gasteiger partial charge on any atom is -0.477 e. The SMILES string of the molecule is CC1CN(C)CCCN1Cc1ccsc1C(=O)O. The molecule has 1 aromatic heterocycles. The highest BCUT2D eigenvalue weighted by Gasteiger charge is 2.22. The Kier molecular flexibility index (Phi) is 4.37. The summed E-state index contributed by atoms with van der Waals surface area (Å²) in [6, 6.07) is 2.41. The maximum Gasteiger partial charge on any atom is 0.346 e. The molecule has 1 aromatic rings. The Morgan fingerprint density at radius 3 is 3.06 bits per heavy atom. The van der Waals surface area contributed by atoms with E-state index in [1.54, 1.807) is 0 Å². The Hall–Kier alpha value is -0.910. The average Bonchev–Trinajstić information content (AvgIpc) is 2.69. The molecule has 0 radical (unpaired) electrons. The highest BCUT2D eigenvalue weighted by atomic mass is 32.1. The Bertz CT molecular complexity index is 419. The lowest BCUT2D eigenvalue weighted by molar-refractivity contribution is 0.0699. The van der Waals surface area contributed by atoms with Crippen LogP contribution in [0.15, 0.2) is 11.4 Å². The van der Waals surface area contributed by atoms with Crippen molar-refractivity contribution in [1.29, 1.82) is 0 Å². The molecule has 0 saturated carbocycles. The van der Waals surface area contributed by atoms with Crippen LogP contribution in [0.1, 0.15) is 28.6 Å². The highest BCUT2D eigenvalue weighted by molar-refractivity contribution is 7.12. The molecule has 0 spiro atoms. The zero-order valence-corrected chi connectivity index (χ0v) is 11.7. The number of likely N-dealkylation sites (N-methyl/N-ethyl adjacent to an activating group) is 1. The summed E-state index contributed by atoms with van der Waals surface area (Å²) in [5.74, 6) is -0.806. The summed E-state index contributed by atoms with van der Waals surface area (Å²) in [7, 11) is 2.15. The van der Waals surface area contributed by atoms with Gasteiger partial charge in [0.05, 0.1) is 0 Å². The number of carboxylic acids is 1. The normalized spacial score (nSPS) is 22.9. The van der Waals surface area contributed by atoms with Gasteiger partial charge in [-0.1, -0.05) is 0 Å². The maximum absolute atomic E-state index is 11.1. The lowest BCUT2D eigenvalue weighted by Gasteiger charge is -2.27. The fraction of sp³-hybridized carbons (Fsp3) is 0.615. The molecule has 100 valence electrons. The van der Waals surface area contributed by atoms with E-state index in [-0.39, 0.29) is 0 Å². The van der Waals surface area contributed by atoms with Gasteiger partial charge >= 0.3 is 5.97 Å². The molecule has 1 aliphatic rings. The molecule has 1 N–H and O–H groups in total. The smallest absolute Gasteiger partial charge is 0.346 e. The van der Waals surface area contributed by atoms with E-state index in [0.717, 1.165) is 38.2 Å². The molecule has 0 aromatic carbocycles. The standard InChI is InChI=1S/C13H20N2O2S/c1-10-8-14(2)5-3-6-15(10)9-11-4-7-18-12(11)13(16)17/h4,7,10H,3,5-6,8-9H2,1-2H3,(H,16,17). The van der Waals surface area contributed by atoms with Gasteiger partial charge < -0.3 is 10.0 Å². The van der Waals surface area contributed by atoms with Gasteiger partial charge in [0, 0.05) is 25.7 Å². The van der Waals surface area contributed by atoms with Crippen molar-refractivity contribution in [2.24, 2.45) is 0 Å². The number of carboxylic acid groups (broad SMARTS) is 1. The molecule has 2 rings (SSSR count). The van der Waals surface area contributed by atoms with Crippen LogP contribution in [0.4, 0.5) is 0 Å². The van der Waals surface area contributed by atoms with E-state index < -0.39 is 5.97 Å². The van der Waals surface area contributed by atoms with Crippen LogP contribution in [-0.2, 0) is 6.54 Å². The Morgan fingerprint density at radius 2 is 2.33 bits per heavy atom. The van der Waals surface area contributed by atoms with Crippen LogP contribution in [0.5, 0.6) is 0 Å². The van der Waals surface area contributed by atoms with Crippen LogP contribution in [0.3, 0.4) is 0 Å². The van der Waals surface area contributed by atoms with Crippen molar-refractivity contribution in [2.75, 3.05) is 26.7 Å². The van der Waals surface area contributed by atoms with Crippen molar-refractivity contribution in [1.82, 2.24) is 9.80 Å². The van der Waals surface area contributed by atoms with Crippen molar-refractivity contribution in [3.05, 3.63) is 21.9 Å². The lowest BCUT2D eigenvalue weighted by atomic mass is 10.2. The zero-order valence-electron chi connectivity index (χ0n) is 10.9. The second kappa shape index (κ2) is 5.82. The molecule has 18 heavy (non-hydrogen) atoms. The number of carbonyl (C=O) groups is 1. The van der Waals surface area contributed by atoms with Gasteiger partial charge in [-0.05, 0) is 43.9 Å². The molecule has 1 aliphatic heterocycles. The molecule has 1 fully saturated rings. The summed E-state index contributed by atoms with van der Waals surface area (Å²) >= 11 is 1.32. The van der Waals surface area contributed by atoms with Crippen molar-refractivity contribution in [2.45, 2.75) is 25.9 Å². The van der Waals surface area contributed by atoms with Gasteiger partial charge in [-0.15, -0.1) is 11.3 Å². The first kappa shape index (κ1) is 13.5. The fourth-order valence-corrected chi connectivity index (χ4v) is 3.28. The van der Waals surface area contributed by atoms with Crippen molar-refractivity contribution < 1.29 is 9.90 Å². The molecule has 2 heterocycles. The largest absolute Gasteiger partial charge is 0.477 e. The van der Waals surface area contributed by atoms with Crippen molar-refractivity contribution >= 4 is 17.3 Å². The quantitative estimate of drug-likeness (QED) is 0.910. The summed E-state index contributed by atoms with van der Waals surface area (Å²) in [5.41, 5.74) is 0.948. The first-order chi connectivity index (χ1) is 8.58. The molecule has 0 aliphatic carbocycles. The molecular weight excluding hydrogens is 248 g/mol. The number of hydrogen-bond donors (Lipinski definition) is 1. The van der Waals surface area contributed by atoms with Gasteiger partial charge in [0.15, 0.2) is 0 Å². The number of hydrogen-bond acceptors (Lipinski definition) is 4. The van der Waals surface area contributed by atoms with E-state index >= 15 is 0 Å². The van der Waals surface area contributed by atoms with Gasteiger partial charge in [-0.3, -0.25) is 4.90 Å². The lowest BCUT2D eigenvalue weighted by Crippen LogP contribution is -2.37. The van der Waals surface area contributed by atoms with Crippen LogP contribution in [-0.4, -0.2) is 53.6 Å². The first-order valence-corrected chi connectivity index (χ1v) is 7.18. The van der Waals surface area contributed by atoms with E-state index in [1.165, 1.54) is 11.3 Å². The number of rotatable bonds is 3. The summed E-state index contributed by atoms with van der Waals surface area (Å²) < 4.78 is 0. The van der Waals surface area contributed by atoms with Crippen LogP contribution in [0, 0.1) is 0 Å². The van der Waals surface area contributed by atoms with E-state index in [2.05, 4.69) is 23.8 Å². The Morgan fingerprint density at radius 1 is 1.56 bits per heavy atom. The molecule has 0 amide bonds. The molecule has 4 nitrogen and oxygen atoms in total. The average molecular weight is 268 g/mol. The number of thiophene rings is 1. The van der Waals surface area contributed by atoms with E-state index in [4.69, 9.17) is 5.11 Å². The van der Waals surface area contributed by atoms with Crippen LogP contribution >= 0.6 is 11.3 Å². The van der Waals surface area contributed by atoms with Gasteiger partial charge in [0.25, 0.3) is 0 Å². The minimum atomic E-state index is -0.806. The van der Waals surface area contributed by atoms with Gasteiger partial charge in [0.1, 0.15) is 4.88 Å². The summed E-state index contributed by atoms with van der Waals surface area (Å²) in [5, 5.41) is 11.0. The van der Waals surface area contributed by atoms with Crippen molar-refractivity contribution in [3.8, 4) is 0 Å². The van der Waals surface area contributed by atoms with Crippen LogP contribution in [0.2, 0.25) is 0 Å². The molecule has 5 heteroatoms. The zero-order chi connectivity index (χ0) is 13.1. The minimum absolute atomic E-state index is 0.471. The molecule has 1 unspecified atom stereocenters. The summed E-state index contributed by atoms with van der Waals surface area (Å²) in [6.07, 6.45) is 1.15. The monoisotopic (exact) mass is 268 g/mol. The second-order valence-electron chi connectivity index (χ2n) is 5.02. The number of nitrogens with zero attached hydrogens (tertiary/aromatic N) is 2. The maximum atomic E-state index is 11.1. The topological polar surface area (TPSA) is 43.8 Å². The van der Waals surface area contributed by atoms with E-state index in [0.29, 0.717) is 10.9 Å². The Labute approximate surface area is 112 Å². The summed E-state index contributed by atoms with van der Waals surface area (Å²) in [6.45, 7) is 6.18. The summed E-state index contributed by atoms with van der Waals surface area (Å²) in [4.78, 5) is 16.3. The highest BCUT2D eigenvalue weighted by Crippen LogP contribution is 2.21. The van der Waals surface area contributed by atoms with E-state index in [9.17, 15) is 4.79 Å². The molecule has 1 saturated heterocycles. The van der Waals surface area contributed by atoms with Crippen molar-refractivity contribution in [3.63, 3.8) is 0 Å². The third-order valence-electron chi connectivity index (χ3n) is 3.50. The van der Waals surface area contributed by atoms with Crippen LogP contribution < -0.4 is 0 Å². The predicted octanol–water partition coefficient (Wildman–Crippen LogP) is 1.97. The van der Waals surface area contributed by atoms with Gasteiger partial charge in [-0.25, -0.2) is 4.79 Å².